The second kappa shape index (κ2) is 10.5. The van der Waals surface area contributed by atoms with Crippen LogP contribution in [-0.4, -0.2) is 0 Å². The zero-order chi connectivity index (χ0) is 31.9. The van der Waals surface area contributed by atoms with Crippen LogP contribution < -0.4 is 0 Å². The first-order valence-corrected chi connectivity index (χ1v) is 12.3. The van der Waals surface area contributed by atoms with Crippen LogP contribution in [0.5, 0.6) is 0 Å². The Hall–Kier alpha value is -3.70. The third kappa shape index (κ3) is 4.32. The van der Waals surface area contributed by atoms with Crippen molar-refractivity contribution in [3.63, 3.8) is 0 Å². The van der Waals surface area contributed by atoms with E-state index in [0.717, 1.165) is 41.5 Å². The molecular weight excluding hydrogens is 588 g/mol. The minimum Gasteiger partial charge on any atom is -0.203 e. The smallest absolute Gasteiger partial charge is 0.169 e. The van der Waals surface area contributed by atoms with Gasteiger partial charge < -0.3 is 0 Å². The molecule has 0 N–H and O–H groups in total. The molecule has 0 saturated heterocycles. The molecule has 0 radical (unpaired) electrons. The summed E-state index contributed by atoms with van der Waals surface area (Å²) in [5, 5.41) is 0. The third-order valence-corrected chi connectivity index (χ3v) is 7.82. The standard InChI is InChI=1S/C30H20F12/c1-7(16-25(37)19(31)10(4)20(32)26(16)38)13-14(8(2)17-27(39)21(33)11(5)22(34)28(17)40)15(13)9(3)18-29(41)23(35)12(6)24(36)30(18)42/h7,13H,1-6H3/b14-8+,15-9?. The predicted molar refractivity (Wildman–Crippen MR) is 130 cm³/mol. The second-order valence-electron chi connectivity index (χ2n) is 10.2. The van der Waals surface area contributed by atoms with Crippen molar-refractivity contribution in [2.75, 3.05) is 0 Å². The SMILES string of the molecule is CC(=C1/C(=C(\C)c2c(F)c(F)c(C)c(F)c2F)C1C(C)c1c(F)c(F)c(C)c(F)c1F)c1c(F)c(F)c(C)c(F)c1F. The molecule has 0 aliphatic heterocycles. The lowest BCUT2D eigenvalue weighted by atomic mass is 9.91. The molecular formula is C30H20F12. The van der Waals surface area contributed by atoms with Gasteiger partial charge in [-0.1, -0.05) is 6.92 Å². The minimum absolute atomic E-state index is 0.388. The summed E-state index contributed by atoms with van der Waals surface area (Å²) >= 11 is 0. The van der Waals surface area contributed by atoms with Crippen LogP contribution >= 0.6 is 0 Å². The van der Waals surface area contributed by atoms with E-state index in [2.05, 4.69) is 0 Å². The van der Waals surface area contributed by atoms with Crippen molar-refractivity contribution in [3.8, 4) is 0 Å². The molecule has 1 aliphatic rings. The number of hydrogen-bond acceptors (Lipinski definition) is 0. The lowest BCUT2D eigenvalue weighted by molar-refractivity contribution is 0.418. The van der Waals surface area contributed by atoms with Crippen LogP contribution in [0, 0.1) is 96.5 Å². The quantitative estimate of drug-likeness (QED) is 0.204. The van der Waals surface area contributed by atoms with E-state index in [4.69, 9.17) is 0 Å². The van der Waals surface area contributed by atoms with Gasteiger partial charge in [0.15, 0.2) is 69.8 Å². The highest BCUT2D eigenvalue weighted by atomic mass is 19.2. The maximum atomic E-state index is 14.9. The van der Waals surface area contributed by atoms with Gasteiger partial charge in [0.25, 0.3) is 0 Å². The summed E-state index contributed by atoms with van der Waals surface area (Å²) in [6.07, 6.45) is 0. The van der Waals surface area contributed by atoms with Gasteiger partial charge >= 0.3 is 0 Å². The molecule has 0 nitrogen and oxygen atoms in total. The monoisotopic (exact) mass is 608 g/mol. The number of benzene rings is 3. The molecule has 1 fully saturated rings. The molecule has 0 aromatic heterocycles. The summed E-state index contributed by atoms with van der Waals surface area (Å²) in [6.45, 7) is 5.12. The van der Waals surface area contributed by atoms with Crippen LogP contribution in [0.25, 0.3) is 11.1 Å². The van der Waals surface area contributed by atoms with Gasteiger partial charge in [-0.2, -0.15) is 0 Å². The molecule has 1 saturated carbocycles. The van der Waals surface area contributed by atoms with Crippen molar-refractivity contribution in [2.24, 2.45) is 5.92 Å². The highest BCUT2D eigenvalue weighted by molar-refractivity contribution is 5.89. The number of halogens is 12. The van der Waals surface area contributed by atoms with E-state index >= 15 is 0 Å². The van der Waals surface area contributed by atoms with Gasteiger partial charge in [0.2, 0.25) is 0 Å². The number of hydrogen-bond donors (Lipinski definition) is 0. The molecule has 0 spiro atoms. The Morgan fingerprint density at radius 1 is 0.429 bits per heavy atom. The van der Waals surface area contributed by atoms with E-state index in [1.54, 1.807) is 0 Å². The van der Waals surface area contributed by atoms with Crippen LogP contribution in [0.2, 0.25) is 0 Å². The lowest BCUT2D eigenvalue weighted by Gasteiger charge is -2.16. The van der Waals surface area contributed by atoms with E-state index in [0.29, 0.717) is 0 Å². The Morgan fingerprint density at radius 3 is 0.929 bits per heavy atom. The topological polar surface area (TPSA) is 0 Å². The van der Waals surface area contributed by atoms with Gasteiger partial charge in [-0.25, -0.2) is 52.7 Å². The Balaban J connectivity index is 2.11. The molecule has 4 rings (SSSR count). The summed E-state index contributed by atoms with van der Waals surface area (Å²) < 4.78 is 176. The Morgan fingerprint density at radius 2 is 0.667 bits per heavy atom. The predicted octanol–water partition coefficient (Wildman–Crippen LogP) is 9.96. The Kier molecular flexibility index (Phi) is 7.84. The van der Waals surface area contributed by atoms with E-state index in [1.807, 2.05) is 0 Å². The average molecular weight is 608 g/mol. The molecule has 224 valence electrons. The van der Waals surface area contributed by atoms with Crippen LogP contribution in [0.3, 0.4) is 0 Å². The first-order valence-electron chi connectivity index (χ1n) is 12.3. The molecule has 42 heavy (non-hydrogen) atoms. The first-order chi connectivity index (χ1) is 19.4. The van der Waals surface area contributed by atoms with Crippen molar-refractivity contribution < 1.29 is 52.7 Å². The zero-order valence-electron chi connectivity index (χ0n) is 22.7. The fraction of sp³-hybridized carbons (Fsp3) is 0.267. The van der Waals surface area contributed by atoms with Gasteiger partial charge in [0.05, 0.1) is 11.1 Å². The summed E-state index contributed by atoms with van der Waals surface area (Å²) in [7, 11) is 0. The lowest BCUT2D eigenvalue weighted by Crippen LogP contribution is -2.11. The van der Waals surface area contributed by atoms with Crippen LogP contribution in [0.1, 0.15) is 60.1 Å². The van der Waals surface area contributed by atoms with Gasteiger partial charge in [0, 0.05) is 28.2 Å². The largest absolute Gasteiger partial charge is 0.203 e. The van der Waals surface area contributed by atoms with Crippen LogP contribution in [-0.2, 0) is 0 Å². The molecule has 0 amide bonds. The van der Waals surface area contributed by atoms with Crippen molar-refractivity contribution in [1.29, 1.82) is 0 Å². The fourth-order valence-corrected chi connectivity index (χ4v) is 5.35. The second-order valence-corrected chi connectivity index (χ2v) is 10.2. The maximum absolute atomic E-state index is 14.9. The first kappa shape index (κ1) is 31.2. The van der Waals surface area contributed by atoms with Crippen LogP contribution in [0.15, 0.2) is 11.1 Å². The summed E-state index contributed by atoms with van der Waals surface area (Å²) in [4.78, 5) is 0. The fourth-order valence-electron chi connectivity index (χ4n) is 5.35. The summed E-state index contributed by atoms with van der Waals surface area (Å²) in [5.74, 6) is -25.1. The molecule has 3 aromatic rings. The minimum atomic E-state index is -1.87. The molecule has 0 bridgehead atoms. The molecule has 0 heterocycles. The maximum Gasteiger partial charge on any atom is 0.169 e. The molecule has 1 aliphatic carbocycles. The van der Waals surface area contributed by atoms with Gasteiger partial charge in [0.1, 0.15) is 0 Å². The van der Waals surface area contributed by atoms with Crippen molar-refractivity contribution in [3.05, 3.63) is 114 Å². The molecule has 3 aromatic carbocycles. The zero-order valence-corrected chi connectivity index (χ0v) is 22.7. The summed E-state index contributed by atoms with van der Waals surface area (Å²) in [6, 6.07) is 0. The highest BCUT2D eigenvalue weighted by Crippen LogP contribution is 2.60. The van der Waals surface area contributed by atoms with Gasteiger partial charge in [-0.3, -0.25) is 0 Å². The average Bonchev–Trinajstić information content (AvgIpc) is 3.71. The van der Waals surface area contributed by atoms with E-state index in [9.17, 15) is 52.7 Å². The molecule has 12 heteroatoms. The molecule has 2 atom stereocenters. The number of rotatable bonds is 4. The van der Waals surface area contributed by atoms with E-state index in [-0.39, 0.29) is 11.1 Å². The number of allylic oxidation sites excluding steroid dienone is 4. The Bertz CT molecular complexity index is 1580. The van der Waals surface area contributed by atoms with Crippen molar-refractivity contribution >= 4 is 11.1 Å². The molecule has 2 unspecified atom stereocenters. The van der Waals surface area contributed by atoms with E-state index in [1.165, 1.54) is 0 Å². The van der Waals surface area contributed by atoms with Gasteiger partial charge in [-0.15, -0.1) is 0 Å². The van der Waals surface area contributed by atoms with Crippen molar-refractivity contribution in [2.45, 2.75) is 47.5 Å². The summed E-state index contributed by atoms with van der Waals surface area (Å²) in [5.41, 5.74) is -8.79. The van der Waals surface area contributed by atoms with Crippen molar-refractivity contribution in [1.82, 2.24) is 0 Å². The van der Waals surface area contributed by atoms with Crippen LogP contribution in [0.4, 0.5) is 52.7 Å². The van der Waals surface area contributed by atoms with E-state index < -0.39 is 126 Å². The highest BCUT2D eigenvalue weighted by Gasteiger charge is 2.49. The normalized spacial score (nSPS) is 18.0. The van der Waals surface area contributed by atoms with Gasteiger partial charge in [-0.05, 0) is 62.8 Å². The Labute approximate surface area is 232 Å². The third-order valence-electron chi connectivity index (χ3n) is 7.82.